The molecule has 1 fully saturated rings. The Kier molecular flexibility index (Phi) is 2.66. The van der Waals surface area contributed by atoms with E-state index in [1.807, 2.05) is 0 Å². The minimum atomic E-state index is 0.203. The molecular formula is C9H17NO. The van der Waals surface area contributed by atoms with Crippen molar-refractivity contribution in [2.24, 2.45) is 11.1 Å². The van der Waals surface area contributed by atoms with Gasteiger partial charge in [-0.3, -0.25) is 4.79 Å². The van der Waals surface area contributed by atoms with Crippen molar-refractivity contribution in [1.82, 2.24) is 0 Å². The lowest BCUT2D eigenvalue weighted by Gasteiger charge is -2.05. The molecule has 0 heterocycles. The second kappa shape index (κ2) is 3.35. The van der Waals surface area contributed by atoms with Crippen LogP contribution in [-0.2, 0) is 4.79 Å². The summed E-state index contributed by atoms with van der Waals surface area (Å²) >= 11 is 0. The molecule has 1 aliphatic rings. The molecule has 0 aliphatic heterocycles. The van der Waals surface area contributed by atoms with Gasteiger partial charge in [-0.05, 0) is 31.1 Å². The zero-order valence-electron chi connectivity index (χ0n) is 7.23. The Labute approximate surface area is 68.2 Å². The average Bonchev–Trinajstić information content (AvgIpc) is 2.68. The van der Waals surface area contributed by atoms with Crippen LogP contribution in [0, 0.1) is 5.41 Å². The maximum absolute atomic E-state index is 10.8. The molecule has 1 aliphatic carbocycles. The number of hydrogen-bond donors (Lipinski definition) is 1. The van der Waals surface area contributed by atoms with Crippen LogP contribution < -0.4 is 5.73 Å². The van der Waals surface area contributed by atoms with Gasteiger partial charge < -0.3 is 5.73 Å². The lowest BCUT2D eigenvalue weighted by Crippen LogP contribution is -2.13. The average molecular weight is 155 g/mol. The molecule has 1 saturated carbocycles. The first kappa shape index (κ1) is 8.72. The Bertz CT molecular complexity index is 150. The van der Waals surface area contributed by atoms with E-state index < -0.39 is 0 Å². The lowest BCUT2D eigenvalue weighted by atomic mass is 10.0. The molecule has 0 saturated heterocycles. The highest BCUT2D eigenvalue weighted by atomic mass is 16.1. The standard InChI is InChI=1S/C9H17NO/c1-9(5-6-9)4-2-3-8(11)7-10/h2-7,10H2,1H3. The number of carbonyl (C=O) groups is 1. The van der Waals surface area contributed by atoms with Gasteiger partial charge in [0.15, 0.2) is 0 Å². The summed E-state index contributed by atoms with van der Waals surface area (Å²) in [4.78, 5) is 10.8. The second-order valence-corrected chi connectivity index (χ2v) is 3.91. The Morgan fingerprint density at radius 1 is 1.55 bits per heavy atom. The van der Waals surface area contributed by atoms with E-state index in [9.17, 15) is 4.79 Å². The molecule has 2 N–H and O–H groups in total. The lowest BCUT2D eigenvalue weighted by molar-refractivity contribution is -0.117. The van der Waals surface area contributed by atoms with Gasteiger partial charge in [-0.15, -0.1) is 0 Å². The summed E-state index contributed by atoms with van der Waals surface area (Å²) in [6.07, 6.45) is 5.63. The minimum Gasteiger partial charge on any atom is -0.324 e. The Balaban J connectivity index is 2.00. The van der Waals surface area contributed by atoms with Crippen molar-refractivity contribution in [3.05, 3.63) is 0 Å². The van der Waals surface area contributed by atoms with Crippen LogP contribution in [0.3, 0.4) is 0 Å². The number of carbonyl (C=O) groups excluding carboxylic acids is 1. The van der Waals surface area contributed by atoms with Gasteiger partial charge in [0, 0.05) is 6.42 Å². The number of ketones is 1. The predicted molar refractivity (Wildman–Crippen MR) is 45.3 cm³/mol. The Morgan fingerprint density at radius 3 is 2.64 bits per heavy atom. The fourth-order valence-electron chi connectivity index (χ4n) is 1.28. The van der Waals surface area contributed by atoms with Crippen LogP contribution in [0.5, 0.6) is 0 Å². The quantitative estimate of drug-likeness (QED) is 0.653. The summed E-state index contributed by atoms with van der Waals surface area (Å²) in [5, 5.41) is 0. The van der Waals surface area contributed by atoms with Gasteiger partial charge in [0.2, 0.25) is 0 Å². The molecule has 0 unspecified atom stereocenters. The van der Waals surface area contributed by atoms with Crippen LogP contribution in [0.2, 0.25) is 0 Å². The maximum atomic E-state index is 10.8. The molecule has 0 spiro atoms. The fourth-order valence-corrected chi connectivity index (χ4v) is 1.28. The van der Waals surface area contributed by atoms with Crippen molar-refractivity contribution >= 4 is 5.78 Å². The number of hydrogen-bond acceptors (Lipinski definition) is 2. The third kappa shape index (κ3) is 3.02. The van der Waals surface area contributed by atoms with Crippen LogP contribution in [0.15, 0.2) is 0 Å². The summed E-state index contributed by atoms with van der Waals surface area (Å²) < 4.78 is 0. The van der Waals surface area contributed by atoms with E-state index in [1.54, 1.807) is 0 Å². The van der Waals surface area contributed by atoms with E-state index in [0.29, 0.717) is 11.8 Å². The van der Waals surface area contributed by atoms with Gasteiger partial charge in [-0.1, -0.05) is 6.92 Å². The van der Waals surface area contributed by atoms with E-state index in [1.165, 1.54) is 19.3 Å². The van der Waals surface area contributed by atoms with Crippen molar-refractivity contribution in [1.29, 1.82) is 0 Å². The molecule has 0 radical (unpaired) electrons. The van der Waals surface area contributed by atoms with E-state index in [0.717, 1.165) is 6.42 Å². The number of Topliss-reactive ketones (excluding diaryl/α,β-unsaturated/α-hetero) is 1. The van der Waals surface area contributed by atoms with Crippen molar-refractivity contribution in [2.75, 3.05) is 6.54 Å². The molecule has 64 valence electrons. The molecule has 0 aromatic rings. The van der Waals surface area contributed by atoms with E-state index in [-0.39, 0.29) is 12.3 Å². The number of rotatable bonds is 5. The van der Waals surface area contributed by atoms with Gasteiger partial charge in [0.1, 0.15) is 5.78 Å². The molecule has 0 atom stereocenters. The van der Waals surface area contributed by atoms with Crippen LogP contribution in [0.4, 0.5) is 0 Å². The summed E-state index contributed by atoms with van der Waals surface area (Å²) in [7, 11) is 0. The molecule has 2 heteroatoms. The van der Waals surface area contributed by atoms with Crippen LogP contribution in [0.25, 0.3) is 0 Å². The molecule has 0 aromatic heterocycles. The Morgan fingerprint density at radius 2 is 2.18 bits per heavy atom. The zero-order chi connectivity index (χ0) is 8.32. The second-order valence-electron chi connectivity index (χ2n) is 3.91. The smallest absolute Gasteiger partial charge is 0.146 e. The van der Waals surface area contributed by atoms with E-state index in [2.05, 4.69) is 6.92 Å². The van der Waals surface area contributed by atoms with Crippen LogP contribution >= 0.6 is 0 Å². The van der Waals surface area contributed by atoms with Crippen molar-refractivity contribution < 1.29 is 4.79 Å². The molecule has 2 nitrogen and oxygen atoms in total. The van der Waals surface area contributed by atoms with E-state index in [4.69, 9.17) is 5.73 Å². The highest BCUT2D eigenvalue weighted by Gasteiger charge is 2.36. The van der Waals surface area contributed by atoms with Gasteiger partial charge in [-0.2, -0.15) is 0 Å². The third-order valence-corrected chi connectivity index (χ3v) is 2.57. The van der Waals surface area contributed by atoms with Gasteiger partial charge in [0.05, 0.1) is 6.54 Å². The third-order valence-electron chi connectivity index (χ3n) is 2.57. The largest absolute Gasteiger partial charge is 0.324 e. The first-order valence-corrected chi connectivity index (χ1v) is 4.38. The molecule has 1 rings (SSSR count). The highest BCUT2D eigenvalue weighted by Crippen LogP contribution is 2.49. The topological polar surface area (TPSA) is 43.1 Å². The van der Waals surface area contributed by atoms with Crippen molar-refractivity contribution in [3.8, 4) is 0 Å². The summed E-state index contributed by atoms with van der Waals surface area (Å²) in [6, 6.07) is 0. The first-order chi connectivity index (χ1) is 5.16. The fraction of sp³-hybridized carbons (Fsp3) is 0.889. The number of nitrogens with two attached hydrogens (primary N) is 1. The Hall–Kier alpha value is -0.370. The SMILES string of the molecule is CC1(CCCC(=O)CN)CC1. The molecular weight excluding hydrogens is 138 g/mol. The summed E-state index contributed by atoms with van der Waals surface area (Å²) in [5.41, 5.74) is 5.78. The van der Waals surface area contributed by atoms with Crippen molar-refractivity contribution in [3.63, 3.8) is 0 Å². The summed E-state index contributed by atoms with van der Waals surface area (Å²) in [6.45, 7) is 2.51. The summed E-state index contributed by atoms with van der Waals surface area (Å²) in [5.74, 6) is 0.203. The van der Waals surface area contributed by atoms with Crippen molar-refractivity contribution in [2.45, 2.75) is 39.0 Å². The normalized spacial score (nSPS) is 19.8. The molecule has 0 amide bonds. The molecule has 0 bridgehead atoms. The van der Waals surface area contributed by atoms with E-state index >= 15 is 0 Å². The van der Waals surface area contributed by atoms with Gasteiger partial charge in [0.25, 0.3) is 0 Å². The molecule has 11 heavy (non-hydrogen) atoms. The van der Waals surface area contributed by atoms with Crippen LogP contribution in [-0.4, -0.2) is 12.3 Å². The molecule has 0 aromatic carbocycles. The van der Waals surface area contributed by atoms with Crippen LogP contribution in [0.1, 0.15) is 39.0 Å². The van der Waals surface area contributed by atoms with Gasteiger partial charge in [-0.25, -0.2) is 0 Å². The monoisotopic (exact) mass is 155 g/mol. The first-order valence-electron chi connectivity index (χ1n) is 4.38. The van der Waals surface area contributed by atoms with Gasteiger partial charge >= 0.3 is 0 Å². The predicted octanol–water partition coefficient (Wildman–Crippen LogP) is 1.48. The highest BCUT2D eigenvalue weighted by molar-refractivity contribution is 5.80. The maximum Gasteiger partial charge on any atom is 0.146 e. The zero-order valence-corrected chi connectivity index (χ0v) is 7.23. The minimum absolute atomic E-state index is 0.203.